The monoisotopic (exact) mass is 320 g/mol. The van der Waals surface area contributed by atoms with Crippen LogP contribution in [0.15, 0.2) is 6.07 Å². The molecule has 0 saturated carbocycles. The summed E-state index contributed by atoms with van der Waals surface area (Å²) >= 11 is 13.0. The van der Waals surface area contributed by atoms with E-state index in [4.69, 9.17) is 28.9 Å². The molecule has 2 amide bonds. The lowest BCUT2D eigenvalue weighted by Crippen LogP contribution is -2.48. The summed E-state index contributed by atoms with van der Waals surface area (Å²) in [5.41, 5.74) is 5.72. The van der Waals surface area contributed by atoms with Gasteiger partial charge in [-0.1, -0.05) is 23.2 Å². The Morgan fingerprint density at radius 3 is 2.63 bits per heavy atom. The van der Waals surface area contributed by atoms with Crippen LogP contribution in [0.2, 0.25) is 8.67 Å². The quantitative estimate of drug-likeness (QED) is 0.910. The highest BCUT2D eigenvalue weighted by Gasteiger charge is 2.33. The van der Waals surface area contributed by atoms with Crippen molar-refractivity contribution in [2.45, 2.75) is 25.8 Å². The molecule has 0 aromatic carbocycles. The number of carbonyl (C=O) groups excluding carboxylic acids is 2. The summed E-state index contributed by atoms with van der Waals surface area (Å²) in [5, 5.41) is 0. The van der Waals surface area contributed by atoms with Crippen molar-refractivity contribution in [2.75, 3.05) is 6.54 Å². The molecule has 0 bridgehead atoms. The van der Waals surface area contributed by atoms with Gasteiger partial charge >= 0.3 is 0 Å². The third kappa shape index (κ3) is 3.04. The molecule has 4 nitrogen and oxygen atoms in total. The summed E-state index contributed by atoms with van der Waals surface area (Å²) in [5.74, 6) is -0.834. The number of hydrogen-bond donors (Lipinski definition) is 1. The third-order valence-corrected chi connectivity index (χ3v) is 4.92. The maximum atomic E-state index is 12.4. The number of primary amides is 1. The van der Waals surface area contributed by atoms with Gasteiger partial charge in [0.1, 0.15) is 4.34 Å². The average molecular weight is 321 g/mol. The number of rotatable bonds is 2. The standard InChI is InChI=1S/C12H14Cl2N2O2S/c1-6-2-3-7(11(15)17)5-16(6)12(18)8-4-9(13)19-10(8)14/h4,6-7H,2-3,5H2,1H3,(H2,15,17). The van der Waals surface area contributed by atoms with Crippen molar-refractivity contribution >= 4 is 46.4 Å². The highest BCUT2D eigenvalue weighted by atomic mass is 35.5. The van der Waals surface area contributed by atoms with Crippen molar-refractivity contribution in [1.82, 2.24) is 4.90 Å². The van der Waals surface area contributed by atoms with E-state index >= 15 is 0 Å². The zero-order valence-corrected chi connectivity index (χ0v) is 12.7. The van der Waals surface area contributed by atoms with Gasteiger partial charge in [0.05, 0.1) is 15.8 Å². The van der Waals surface area contributed by atoms with Crippen LogP contribution in [0, 0.1) is 5.92 Å². The van der Waals surface area contributed by atoms with Crippen molar-refractivity contribution in [1.29, 1.82) is 0 Å². The summed E-state index contributed by atoms with van der Waals surface area (Å²) in [7, 11) is 0. The number of amides is 2. The van der Waals surface area contributed by atoms with Crippen LogP contribution in [-0.4, -0.2) is 29.3 Å². The molecule has 2 unspecified atom stereocenters. The zero-order valence-electron chi connectivity index (χ0n) is 10.4. The van der Waals surface area contributed by atoms with Gasteiger partial charge in [0.15, 0.2) is 0 Å². The minimum absolute atomic E-state index is 0.0674. The van der Waals surface area contributed by atoms with Gasteiger partial charge in [-0.3, -0.25) is 9.59 Å². The normalized spacial score (nSPS) is 23.4. The Kier molecular flexibility index (Phi) is 4.38. The van der Waals surface area contributed by atoms with Crippen molar-refractivity contribution < 1.29 is 9.59 Å². The van der Waals surface area contributed by atoms with Gasteiger partial charge in [0.25, 0.3) is 5.91 Å². The predicted octanol–water partition coefficient (Wildman–Crippen LogP) is 2.78. The van der Waals surface area contributed by atoms with Gasteiger partial charge in [0, 0.05) is 12.6 Å². The minimum Gasteiger partial charge on any atom is -0.369 e. The smallest absolute Gasteiger partial charge is 0.256 e. The molecule has 0 spiro atoms. The van der Waals surface area contributed by atoms with Crippen molar-refractivity contribution in [3.63, 3.8) is 0 Å². The summed E-state index contributed by atoms with van der Waals surface area (Å²) in [4.78, 5) is 25.4. The first-order valence-electron chi connectivity index (χ1n) is 5.95. The van der Waals surface area contributed by atoms with E-state index in [-0.39, 0.29) is 23.8 Å². The first kappa shape index (κ1) is 14.6. The van der Waals surface area contributed by atoms with E-state index in [0.717, 1.165) is 24.2 Å². The van der Waals surface area contributed by atoms with Crippen molar-refractivity contribution in [3.8, 4) is 0 Å². The SMILES string of the molecule is CC1CCC(C(N)=O)CN1C(=O)c1cc(Cl)sc1Cl. The minimum atomic E-state index is -0.362. The molecular formula is C12H14Cl2N2O2S. The highest BCUT2D eigenvalue weighted by molar-refractivity contribution is 7.20. The van der Waals surface area contributed by atoms with Crippen LogP contribution in [0.1, 0.15) is 30.1 Å². The van der Waals surface area contributed by atoms with Crippen LogP contribution in [0.3, 0.4) is 0 Å². The first-order valence-corrected chi connectivity index (χ1v) is 7.52. The molecule has 19 heavy (non-hydrogen) atoms. The fourth-order valence-corrected chi connectivity index (χ4v) is 3.71. The molecule has 1 saturated heterocycles. The van der Waals surface area contributed by atoms with Gasteiger partial charge in [-0.2, -0.15) is 0 Å². The number of thiophene rings is 1. The first-order chi connectivity index (χ1) is 8.90. The fraction of sp³-hybridized carbons (Fsp3) is 0.500. The topological polar surface area (TPSA) is 63.4 Å². The van der Waals surface area contributed by atoms with E-state index in [0.29, 0.717) is 20.8 Å². The van der Waals surface area contributed by atoms with Crippen LogP contribution >= 0.6 is 34.5 Å². The predicted molar refractivity (Wildman–Crippen MR) is 76.8 cm³/mol. The van der Waals surface area contributed by atoms with E-state index in [1.165, 1.54) is 0 Å². The number of piperidine rings is 1. The molecule has 1 aliphatic heterocycles. The lowest BCUT2D eigenvalue weighted by atomic mass is 9.92. The molecule has 0 aliphatic carbocycles. The van der Waals surface area contributed by atoms with Gasteiger partial charge in [-0.15, -0.1) is 11.3 Å². The van der Waals surface area contributed by atoms with Gasteiger partial charge in [-0.25, -0.2) is 0 Å². The van der Waals surface area contributed by atoms with Crippen LogP contribution in [-0.2, 0) is 4.79 Å². The van der Waals surface area contributed by atoms with E-state index in [1.54, 1.807) is 11.0 Å². The van der Waals surface area contributed by atoms with Crippen LogP contribution in [0.5, 0.6) is 0 Å². The van der Waals surface area contributed by atoms with E-state index in [9.17, 15) is 9.59 Å². The molecular weight excluding hydrogens is 307 g/mol. The summed E-state index contributed by atoms with van der Waals surface area (Å²) in [6.45, 7) is 2.30. The second-order valence-corrected chi connectivity index (χ2v) is 7.01. The maximum Gasteiger partial charge on any atom is 0.256 e. The van der Waals surface area contributed by atoms with Crippen molar-refractivity contribution in [2.24, 2.45) is 11.7 Å². The van der Waals surface area contributed by atoms with Crippen LogP contribution < -0.4 is 5.73 Å². The molecule has 1 aliphatic rings. The van der Waals surface area contributed by atoms with E-state index in [2.05, 4.69) is 0 Å². The Hall–Kier alpha value is -0.780. The van der Waals surface area contributed by atoms with Gasteiger partial charge in [0.2, 0.25) is 5.91 Å². The molecule has 0 radical (unpaired) electrons. The summed E-state index contributed by atoms with van der Waals surface area (Å²) in [6.07, 6.45) is 1.48. The Morgan fingerprint density at radius 1 is 1.42 bits per heavy atom. The van der Waals surface area contributed by atoms with Crippen LogP contribution in [0.4, 0.5) is 0 Å². The van der Waals surface area contributed by atoms with E-state index < -0.39 is 0 Å². The Morgan fingerprint density at radius 2 is 2.11 bits per heavy atom. The molecule has 2 atom stereocenters. The number of nitrogens with zero attached hydrogens (tertiary/aromatic N) is 1. The molecule has 7 heteroatoms. The molecule has 2 heterocycles. The van der Waals surface area contributed by atoms with Crippen LogP contribution in [0.25, 0.3) is 0 Å². The maximum absolute atomic E-state index is 12.4. The molecule has 2 rings (SSSR count). The Bertz CT molecular complexity index is 518. The lowest BCUT2D eigenvalue weighted by molar-refractivity contribution is -0.123. The van der Waals surface area contributed by atoms with E-state index in [1.807, 2.05) is 6.92 Å². The third-order valence-electron chi connectivity index (χ3n) is 3.43. The molecule has 104 valence electrons. The average Bonchev–Trinajstić information content (AvgIpc) is 2.68. The summed E-state index contributed by atoms with van der Waals surface area (Å²) < 4.78 is 0.855. The molecule has 1 aromatic rings. The zero-order chi connectivity index (χ0) is 14.2. The number of hydrogen-bond acceptors (Lipinski definition) is 3. The lowest BCUT2D eigenvalue weighted by Gasteiger charge is -2.36. The Balaban J connectivity index is 2.21. The molecule has 1 aromatic heterocycles. The van der Waals surface area contributed by atoms with Crippen molar-refractivity contribution in [3.05, 3.63) is 20.3 Å². The molecule has 1 fully saturated rings. The highest BCUT2D eigenvalue weighted by Crippen LogP contribution is 2.33. The van der Waals surface area contributed by atoms with Gasteiger partial charge < -0.3 is 10.6 Å². The second-order valence-electron chi connectivity index (χ2n) is 4.72. The Labute approximate surface area is 125 Å². The molecule has 2 N–H and O–H groups in total. The van der Waals surface area contributed by atoms with Gasteiger partial charge in [-0.05, 0) is 25.8 Å². The number of nitrogens with two attached hydrogens (primary N) is 1. The fourth-order valence-electron chi connectivity index (χ4n) is 2.26. The summed E-state index contributed by atoms with van der Waals surface area (Å²) in [6, 6.07) is 1.63. The number of likely N-dealkylation sites (tertiary alicyclic amines) is 1. The largest absolute Gasteiger partial charge is 0.369 e. The second kappa shape index (κ2) is 5.69. The number of carbonyl (C=O) groups is 2. The number of halogens is 2.